The maximum Gasteiger partial charge on any atom is 0.316 e. The lowest BCUT2D eigenvalue weighted by Gasteiger charge is -2.14. The van der Waals surface area contributed by atoms with Crippen molar-refractivity contribution >= 4 is 51.9 Å². The Morgan fingerprint density at radius 2 is 1.73 bits per heavy atom. The number of aromatic nitrogens is 1. The normalized spacial score (nSPS) is 11.1. The number of nitriles is 1. The second kappa shape index (κ2) is 13.8. The molecule has 2 aromatic heterocycles. The number of fused-ring (bicyclic) bond motifs is 1. The molecule has 0 spiro atoms. The summed E-state index contributed by atoms with van der Waals surface area (Å²) in [4.78, 5) is 14.7. The van der Waals surface area contributed by atoms with E-state index in [-0.39, 0.29) is 18.3 Å². The first-order chi connectivity index (χ1) is 22.0. The predicted octanol–water partition coefficient (Wildman–Crippen LogP) is 9.59. The Morgan fingerprint density at radius 1 is 0.956 bits per heavy atom. The van der Waals surface area contributed by atoms with Gasteiger partial charge in [0, 0.05) is 31.9 Å². The third kappa shape index (κ3) is 6.44. The van der Waals surface area contributed by atoms with Gasteiger partial charge in [0.25, 0.3) is 0 Å². The summed E-state index contributed by atoms with van der Waals surface area (Å²) in [5.41, 5.74) is 9.00. The molecule has 0 saturated heterocycles. The van der Waals surface area contributed by atoms with Crippen molar-refractivity contribution in [3.63, 3.8) is 0 Å². The minimum absolute atomic E-state index is 0.118. The van der Waals surface area contributed by atoms with Crippen LogP contribution < -0.4 is 0 Å². The number of carbonyl (C=O) groups is 1. The van der Waals surface area contributed by atoms with Gasteiger partial charge in [-0.25, -0.2) is 0 Å². The lowest BCUT2D eigenvalue weighted by atomic mass is 9.96. The van der Waals surface area contributed by atoms with Crippen molar-refractivity contribution in [2.24, 2.45) is 0 Å². The molecule has 4 aromatic carbocycles. The molecule has 0 aliphatic carbocycles. The first kappa shape index (κ1) is 30.8. The summed E-state index contributed by atoms with van der Waals surface area (Å²) < 4.78 is 7.39. The quantitative estimate of drug-likeness (QED) is 0.118. The van der Waals surface area contributed by atoms with Crippen LogP contribution in [-0.4, -0.2) is 27.4 Å². The van der Waals surface area contributed by atoms with Gasteiger partial charge < -0.3 is 9.84 Å². The highest BCUT2D eigenvalue weighted by Crippen LogP contribution is 2.47. The molecule has 224 valence electrons. The van der Waals surface area contributed by atoms with Crippen LogP contribution in [0.5, 0.6) is 0 Å². The number of hydrogen-bond donors (Lipinski definition) is 1. The Labute approximate surface area is 275 Å². The number of aliphatic hydroxyl groups is 1. The fraction of sp³-hybridized carbons (Fsp3) is 0.135. The standard InChI is InChI=1S/C37H30N2O3S3/c1-3-42-35(41)23-44-33-20-26(13-14-28(33)22-40)25-7-6-8-27(19-25)37-36(31-17-18-43-34(31)21-38)30-9-4-5-10-32(30)39(37)45-29-15-11-24(2)12-16-29/h4-20,40H,3,22-23H2,1-2H3. The van der Waals surface area contributed by atoms with Gasteiger partial charge in [0.15, 0.2) is 0 Å². The van der Waals surface area contributed by atoms with E-state index < -0.39 is 0 Å². The maximum absolute atomic E-state index is 12.1. The van der Waals surface area contributed by atoms with Crippen molar-refractivity contribution < 1.29 is 14.6 Å². The monoisotopic (exact) mass is 646 g/mol. The molecule has 5 nitrogen and oxygen atoms in total. The summed E-state index contributed by atoms with van der Waals surface area (Å²) in [6.07, 6.45) is 0. The molecule has 0 atom stereocenters. The summed E-state index contributed by atoms with van der Waals surface area (Å²) in [6, 6.07) is 35.7. The Bertz CT molecular complexity index is 2040. The van der Waals surface area contributed by atoms with Crippen LogP contribution in [0.25, 0.3) is 44.4 Å². The molecular formula is C37H30N2O3S3. The van der Waals surface area contributed by atoms with E-state index in [2.05, 4.69) is 83.7 Å². The van der Waals surface area contributed by atoms with E-state index in [0.29, 0.717) is 11.5 Å². The molecule has 0 aliphatic rings. The van der Waals surface area contributed by atoms with Crippen LogP contribution in [0.3, 0.4) is 0 Å². The molecule has 45 heavy (non-hydrogen) atoms. The Morgan fingerprint density at radius 3 is 2.51 bits per heavy atom. The van der Waals surface area contributed by atoms with Gasteiger partial charge in [0.2, 0.25) is 0 Å². The van der Waals surface area contributed by atoms with Gasteiger partial charge in [0.05, 0.1) is 30.2 Å². The summed E-state index contributed by atoms with van der Waals surface area (Å²) >= 11 is 4.49. The number of para-hydroxylation sites is 1. The molecule has 0 saturated carbocycles. The zero-order valence-corrected chi connectivity index (χ0v) is 27.3. The van der Waals surface area contributed by atoms with Crippen LogP contribution in [0.4, 0.5) is 0 Å². The first-order valence-electron chi connectivity index (χ1n) is 14.5. The lowest BCUT2D eigenvalue weighted by Crippen LogP contribution is -2.06. The fourth-order valence-corrected chi connectivity index (χ4v) is 7.91. The second-order valence-electron chi connectivity index (χ2n) is 10.4. The third-order valence-corrected chi connectivity index (χ3v) is 10.4. The molecule has 8 heteroatoms. The minimum atomic E-state index is -0.282. The number of thiophene rings is 1. The van der Waals surface area contributed by atoms with E-state index in [1.807, 2.05) is 35.7 Å². The Hall–Kier alpha value is -4.26. The van der Waals surface area contributed by atoms with Crippen molar-refractivity contribution in [2.45, 2.75) is 30.2 Å². The molecule has 0 fully saturated rings. The zero-order valence-electron chi connectivity index (χ0n) is 24.8. The third-order valence-electron chi connectivity index (χ3n) is 7.44. The molecule has 0 aliphatic heterocycles. The van der Waals surface area contributed by atoms with Crippen molar-refractivity contribution in [1.29, 1.82) is 5.26 Å². The number of carbonyl (C=O) groups excluding carboxylic acids is 1. The Kier molecular flexibility index (Phi) is 9.43. The number of aryl methyl sites for hydroxylation is 1. The molecule has 0 unspecified atom stereocenters. The van der Waals surface area contributed by atoms with E-state index in [9.17, 15) is 15.2 Å². The average molecular weight is 647 g/mol. The van der Waals surface area contributed by atoms with Gasteiger partial charge >= 0.3 is 5.97 Å². The first-order valence-corrected chi connectivity index (χ1v) is 17.1. The van der Waals surface area contributed by atoms with Crippen molar-refractivity contribution in [3.8, 4) is 39.6 Å². The van der Waals surface area contributed by atoms with E-state index in [1.54, 1.807) is 18.9 Å². The number of rotatable bonds is 10. The maximum atomic E-state index is 12.1. The molecule has 2 heterocycles. The number of nitrogens with zero attached hydrogens (tertiary/aromatic N) is 2. The van der Waals surface area contributed by atoms with Crippen LogP contribution in [0, 0.1) is 18.3 Å². The fourth-order valence-electron chi connectivity index (χ4n) is 5.32. The number of aliphatic hydroxyl groups excluding tert-OH is 1. The van der Waals surface area contributed by atoms with E-state index in [1.165, 1.54) is 28.7 Å². The zero-order chi connectivity index (χ0) is 31.3. The number of thioether (sulfide) groups is 1. The number of ether oxygens (including phenoxy) is 1. The SMILES string of the molecule is CCOC(=O)CSc1cc(-c2cccc(-c3c(-c4ccsc4C#N)c4ccccc4n3Sc3ccc(C)cc3)c2)ccc1CO. The van der Waals surface area contributed by atoms with Crippen molar-refractivity contribution in [3.05, 3.63) is 118 Å². The smallest absolute Gasteiger partial charge is 0.316 e. The van der Waals surface area contributed by atoms with Gasteiger partial charge in [0.1, 0.15) is 10.9 Å². The lowest BCUT2D eigenvalue weighted by molar-refractivity contribution is -0.139. The largest absolute Gasteiger partial charge is 0.465 e. The summed E-state index contributed by atoms with van der Waals surface area (Å²) in [5.74, 6) is -0.110. The average Bonchev–Trinajstić information content (AvgIpc) is 3.67. The summed E-state index contributed by atoms with van der Waals surface area (Å²) in [5, 5.41) is 23.1. The van der Waals surface area contributed by atoms with Crippen LogP contribution in [-0.2, 0) is 16.1 Å². The molecule has 0 bridgehead atoms. The van der Waals surface area contributed by atoms with Crippen LogP contribution in [0.15, 0.2) is 112 Å². The van der Waals surface area contributed by atoms with E-state index in [0.717, 1.165) is 59.8 Å². The Balaban J connectivity index is 1.52. The van der Waals surface area contributed by atoms with E-state index >= 15 is 0 Å². The molecule has 0 amide bonds. The van der Waals surface area contributed by atoms with Gasteiger partial charge in [-0.1, -0.05) is 66.2 Å². The number of benzene rings is 4. The minimum Gasteiger partial charge on any atom is -0.465 e. The van der Waals surface area contributed by atoms with Gasteiger partial charge in [-0.05, 0) is 84.3 Å². The van der Waals surface area contributed by atoms with Gasteiger partial charge in [-0.3, -0.25) is 8.77 Å². The van der Waals surface area contributed by atoms with Crippen LogP contribution in [0.1, 0.15) is 22.9 Å². The second-order valence-corrected chi connectivity index (χ2v) is 13.3. The van der Waals surface area contributed by atoms with Crippen molar-refractivity contribution in [1.82, 2.24) is 3.97 Å². The van der Waals surface area contributed by atoms with E-state index in [4.69, 9.17) is 4.74 Å². The van der Waals surface area contributed by atoms with Crippen LogP contribution in [0.2, 0.25) is 0 Å². The molecule has 6 aromatic rings. The van der Waals surface area contributed by atoms with Crippen molar-refractivity contribution in [2.75, 3.05) is 12.4 Å². The molecular weight excluding hydrogens is 617 g/mol. The molecule has 6 rings (SSSR count). The molecule has 1 N–H and O–H groups in total. The number of esters is 1. The summed E-state index contributed by atoms with van der Waals surface area (Å²) in [7, 11) is 0. The highest BCUT2D eigenvalue weighted by molar-refractivity contribution is 8.00. The van der Waals surface area contributed by atoms with Gasteiger partial charge in [-0.2, -0.15) is 5.26 Å². The molecule has 0 radical (unpaired) electrons. The van der Waals surface area contributed by atoms with Crippen LogP contribution >= 0.6 is 35.0 Å². The highest BCUT2D eigenvalue weighted by Gasteiger charge is 2.24. The van der Waals surface area contributed by atoms with Gasteiger partial charge in [-0.15, -0.1) is 23.1 Å². The number of hydrogen-bond acceptors (Lipinski definition) is 7. The topological polar surface area (TPSA) is 75.2 Å². The summed E-state index contributed by atoms with van der Waals surface area (Å²) in [6.45, 7) is 4.09. The predicted molar refractivity (Wildman–Crippen MR) is 187 cm³/mol. The highest BCUT2D eigenvalue weighted by atomic mass is 32.2.